The summed E-state index contributed by atoms with van der Waals surface area (Å²) in [4.78, 5) is 32.3. The molecule has 11 nitrogen and oxygen atoms in total. The summed E-state index contributed by atoms with van der Waals surface area (Å²) in [6.07, 6.45) is -4.21. The molecule has 5 rings (SSSR count). The van der Waals surface area contributed by atoms with Crippen LogP contribution in [0.3, 0.4) is 0 Å². The van der Waals surface area contributed by atoms with Gasteiger partial charge in [0.15, 0.2) is 0 Å². The molecule has 0 fully saturated rings. The number of allylic oxidation sites excluding steroid dienone is 2. The van der Waals surface area contributed by atoms with Gasteiger partial charge in [0.25, 0.3) is 0 Å². The summed E-state index contributed by atoms with van der Waals surface area (Å²) in [5.41, 5.74) is 14.7. The van der Waals surface area contributed by atoms with E-state index in [0.717, 1.165) is 68.8 Å². The van der Waals surface area contributed by atoms with Crippen molar-refractivity contribution in [1.29, 1.82) is 0 Å². The van der Waals surface area contributed by atoms with Crippen LogP contribution in [0.2, 0.25) is 0 Å². The van der Waals surface area contributed by atoms with Crippen LogP contribution in [0.4, 0.5) is 0 Å². The Labute approximate surface area is 293 Å². The van der Waals surface area contributed by atoms with E-state index in [1.165, 1.54) is 34.2 Å². The summed E-state index contributed by atoms with van der Waals surface area (Å²) in [7, 11) is 1.53. The van der Waals surface area contributed by atoms with Crippen molar-refractivity contribution in [3.63, 3.8) is 0 Å². The number of nitrogens with zero attached hydrogens (tertiary/aromatic N) is 3. The van der Waals surface area contributed by atoms with Crippen LogP contribution in [0.15, 0.2) is 24.3 Å². The third-order valence-electron chi connectivity index (χ3n) is 10.8. The van der Waals surface area contributed by atoms with Gasteiger partial charge >= 0.3 is 0 Å². The minimum absolute atomic E-state index is 0.00630. The molecule has 0 spiro atoms. The highest BCUT2D eigenvalue weighted by Gasteiger charge is 2.33. The van der Waals surface area contributed by atoms with E-state index in [4.69, 9.17) is 15.1 Å². The molecular weight excluding hydrogens is 634 g/mol. The van der Waals surface area contributed by atoms with Crippen LogP contribution in [-0.2, 0) is 11.2 Å². The van der Waals surface area contributed by atoms with Gasteiger partial charge in [0.1, 0.15) is 24.4 Å². The Balaban J connectivity index is 1.57. The molecule has 3 aromatic rings. The summed E-state index contributed by atoms with van der Waals surface area (Å²) >= 11 is 0. The molecule has 0 aliphatic carbocycles. The number of aliphatic hydroxyl groups excluding tert-OH is 5. The maximum atomic E-state index is 13.3. The van der Waals surface area contributed by atoms with Gasteiger partial charge < -0.3 is 40.4 Å². The van der Waals surface area contributed by atoms with Gasteiger partial charge in [0.05, 0.1) is 18.0 Å². The van der Waals surface area contributed by atoms with E-state index in [2.05, 4.69) is 82.7 Å². The maximum Gasteiger partial charge on any atom is 0.222 e. The normalized spacial score (nSPS) is 18.7. The highest BCUT2D eigenvalue weighted by Crippen LogP contribution is 2.42. The largest absolute Gasteiger partial charge is 0.394 e. The second-order valence-electron chi connectivity index (χ2n) is 14.0. The quantitative estimate of drug-likeness (QED) is 0.152. The minimum Gasteiger partial charge on any atom is -0.394 e. The Morgan fingerprint density at radius 1 is 0.840 bits per heavy atom. The van der Waals surface area contributed by atoms with Crippen molar-refractivity contribution in [2.24, 2.45) is 0 Å². The molecule has 2 aliphatic heterocycles. The number of fused-ring (bicyclic) bond motifs is 8. The third kappa shape index (κ3) is 7.15. The molecule has 3 aromatic heterocycles. The molecule has 2 aliphatic rings. The van der Waals surface area contributed by atoms with Crippen molar-refractivity contribution in [3.8, 4) is 0 Å². The van der Waals surface area contributed by atoms with E-state index in [1.54, 1.807) is 0 Å². The number of nitrogens with one attached hydrogen (secondary N) is 2. The molecule has 50 heavy (non-hydrogen) atoms. The number of likely N-dealkylation sites (N-methyl/N-ethyl adjacent to an activating group) is 1. The highest BCUT2D eigenvalue weighted by atomic mass is 16.4. The topological polar surface area (TPSA) is 179 Å². The monoisotopic (exact) mass is 687 g/mol. The van der Waals surface area contributed by atoms with Gasteiger partial charge in [-0.05, 0) is 105 Å². The van der Waals surface area contributed by atoms with Crippen LogP contribution < -0.4 is 0 Å². The Kier molecular flexibility index (Phi) is 11.3. The molecule has 0 saturated heterocycles. The number of rotatable bonds is 11. The second-order valence-corrected chi connectivity index (χ2v) is 14.0. The first-order chi connectivity index (χ1) is 23.7. The van der Waals surface area contributed by atoms with Crippen molar-refractivity contribution in [2.75, 3.05) is 20.2 Å². The fourth-order valence-corrected chi connectivity index (χ4v) is 7.42. The number of H-pyrrole nitrogens is 2. The number of aromatic nitrogens is 4. The highest BCUT2D eigenvalue weighted by molar-refractivity contribution is 5.92. The van der Waals surface area contributed by atoms with Gasteiger partial charge in [-0.25, -0.2) is 4.98 Å². The van der Waals surface area contributed by atoms with E-state index in [0.29, 0.717) is 6.42 Å². The molecule has 6 atom stereocenters. The van der Waals surface area contributed by atoms with Gasteiger partial charge in [0.2, 0.25) is 5.91 Å². The maximum absolute atomic E-state index is 13.3. The number of aromatic amines is 2. The van der Waals surface area contributed by atoms with Crippen molar-refractivity contribution in [3.05, 3.63) is 69.3 Å². The van der Waals surface area contributed by atoms with E-state index in [1.807, 2.05) is 0 Å². The van der Waals surface area contributed by atoms with Gasteiger partial charge in [-0.1, -0.05) is 20.8 Å². The first-order valence-corrected chi connectivity index (χ1v) is 17.7. The van der Waals surface area contributed by atoms with E-state index >= 15 is 0 Å². The molecule has 0 unspecified atom stereocenters. The summed E-state index contributed by atoms with van der Waals surface area (Å²) in [5, 5.41) is 49.5. The SMILES string of the molecule is CCC1=C(C)c2cc3[nH]c(cc4nc(c(C)c5cc(C)c(cc1n2)[nH]5)[C@@H](CCC(=O)N(C)C[C@H](O)[C@@H](O)[C@H](O)[C@H](O)CO)[C@@H]4C)c(C)c3CC. The average molecular weight is 688 g/mol. The Morgan fingerprint density at radius 2 is 1.48 bits per heavy atom. The number of hydrogen-bond acceptors (Lipinski definition) is 8. The molecule has 11 heteroatoms. The van der Waals surface area contributed by atoms with E-state index in [9.17, 15) is 25.2 Å². The van der Waals surface area contributed by atoms with Crippen LogP contribution >= 0.6 is 0 Å². The number of carbonyl (C=O) groups is 1. The van der Waals surface area contributed by atoms with Crippen LogP contribution in [0.5, 0.6) is 0 Å². The van der Waals surface area contributed by atoms with Gasteiger partial charge in [-0.3, -0.25) is 9.78 Å². The number of carbonyl (C=O) groups excluding carboxylic acids is 1. The Bertz CT molecular complexity index is 1940. The lowest BCUT2D eigenvalue weighted by Gasteiger charge is -2.29. The van der Waals surface area contributed by atoms with Crippen LogP contribution in [-0.4, -0.2) is 101 Å². The lowest BCUT2D eigenvalue weighted by Crippen LogP contribution is -2.49. The van der Waals surface area contributed by atoms with Crippen molar-refractivity contribution in [2.45, 2.75) is 110 Å². The molecular formula is C39H53N5O6. The minimum atomic E-state index is -1.75. The zero-order chi connectivity index (χ0) is 36.6. The molecule has 270 valence electrons. The summed E-state index contributed by atoms with van der Waals surface area (Å²) in [6.45, 7) is 13.9. The Hall–Kier alpha value is -3.87. The Morgan fingerprint density at radius 3 is 2.14 bits per heavy atom. The van der Waals surface area contributed by atoms with Crippen LogP contribution in [0.25, 0.3) is 33.2 Å². The standard InChI is InChI=1S/C39H53N5O6/c1-9-24-21(5)30-16-33-25(10-2)20(4)29(41-33)15-31-22(6)26(11-12-36(48)44(8)17-34(46)38(49)39(50)35(47)18-45)37(43-31)23(7)28-13-19(3)27(40-28)14-32(24)42-30/h13-16,22,26,34-35,38-41,45-47,49-50H,9-12,17-18H2,1-8H3/t22-,26-,34-,35+,38+,39+/m0/s1. The number of hydrogen-bond donors (Lipinski definition) is 7. The summed E-state index contributed by atoms with van der Waals surface area (Å²) in [6, 6.07) is 8.58. The first kappa shape index (κ1) is 37.4. The lowest BCUT2D eigenvalue weighted by atomic mass is 9.86. The predicted molar refractivity (Wildman–Crippen MR) is 197 cm³/mol. The van der Waals surface area contributed by atoms with Crippen molar-refractivity contribution >= 4 is 39.1 Å². The van der Waals surface area contributed by atoms with Crippen molar-refractivity contribution in [1.82, 2.24) is 24.8 Å². The fraction of sp³-hybridized carbons (Fsp3) is 0.513. The molecule has 0 radical (unpaired) electrons. The first-order valence-electron chi connectivity index (χ1n) is 17.7. The molecule has 7 N–H and O–H groups in total. The number of aliphatic hydroxyl groups is 5. The van der Waals surface area contributed by atoms with Crippen molar-refractivity contribution < 1.29 is 30.3 Å². The average Bonchev–Trinajstić information content (AvgIpc) is 3.80. The van der Waals surface area contributed by atoms with Gasteiger partial charge in [-0.15, -0.1) is 0 Å². The molecule has 0 aromatic carbocycles. The molecule has 5 heterocycles. The van der Waals surface area contributed by atoms with Gasteiger partial charge in [0, 0.05) is 65.3 Å². The van der Waals surface area contributed by atoms with Crippen LogP contribution in [0.1, 0.15) is 104 Å². The molecule has 0 saturated carbocycles. The number of aryl methyl sites for hydroxylation is 4. The predicted octanol–water partition coefficient (Wildman–Crippen LogP) is 4.70. The smallest absolute Gasteiger partial charge is 0.222 e. The summed E-state index contributed by atoms with van der Waals surface area (Å²) < 4.78 is 0. The van der Waals surface area contributed by atoms with Crippen LogP contribution in [0, 0.1) is 20.8 Å². The fourth-order valence-electron chi connectivity index (χ4n) is 7.42. The zero-order valence-corrected chi connectivity index (χ0v) is 30.5. The molecule has 1 amide bonds. The zero-order valence-electron chi connectivity index (χ0n) is 30.5. The lowest BCUT2D eigenvalue weighted by molar-refractivity contribution is -0.138. The van der Waals surface area contributed by atoms with Gasteiger partial charge in [-0.2, -0.15) is 0 Å². The second kappa shape index (κ2) is 15.2. The summed E-state index contributed by atoms with van der Waals surface area (Å²) in [5.74, 6) is -0.299. The van der Waals surface area contributed by atoms with E-state index in [-0.39, 0.29) is 30.7 Å². The molecule has 8 bridgehead atoms. The number of amides is 1. The van der Waals surface area contributed by atoms with E-state index < -0.39 is 31.0 Å². The third-order valence-corrected chi connectivity index (χ3v) is 10.8.